The van der Waals surface area contributed by atoms with Gasteiger partial charge in [-0.25, -0.2) is 14.0 Å². The zero-order valence-corrected chi connectivity index (χ0v) is 19.5. The molecule has 1 aromatic heterocycles. The molecule has 0 spiro atoms. The molecule has 0 saturated carbocycles. The number of para-hydroxylation sites is 3. The van der Waals surface area contributed by atoms with Crippen LogP contribution in [0.5, 0.6) is 11.5 Å². The third kappa shape index (κ3) is 3.64. The molecular formula is C28H26N4O3. The van der Waals surface area contributed by atoms with Gasteiger partial charge in [-0.05, 0) is 37.1 Å². The molecule has 0 unspecified atom stereocenters. The fraction of sp³-hybridized carbons (Fsp3) is 0.250. The van der Waals surface area contributed by atoms with E-state index in [0.29, 0.717) is 13.1 Å². The molecule has 1 fully saturated rings. The summed E-state index contributed by atoms with van der Waals surface area (Å²) in [6.07, 6.45) is 1.50. The van der Waals surface area contributed by atoms with Crippen LogP contribution in [0.2, 0.25) is 0 Å². The fourth-order valence-corrected chi connectivity index (χ4v) is 5.28. The van der Waals surface area contributed by atoms with Crippen LogP contribution in [0.15, 0.2) is 83.7 Å². The molecule has 0 N–H and O–H groups in total. The second kappa shape index (κ2) is 8.58. The first-order chi connectivity index (χ1) is 17.1. The van der Waals surface area contributed by atoms with E-state index in [1.807, 2.05) is 83.8 Å². The topological polar surface area (TPSA) is 69.4 Å². The Labute approximate surface area is 203 Å². The van der Waals surface area contributed by atoms with E-state index in [1.165, 1.54) is 4.68 Å². The Hall–Kier alpha value is -4.13. The third-order valence-electron chi connectivity index (χ3n) is 7.06. The smallest absolute Gasteiger partial charge is 0.350 e. The van der Waals surface area contributed by atoms with Crippen molar-refractivity contribution in [1.82, 2.24) is 19.2 Å². The van der Waals surface area contributed by atoms with Crippen LogP contribution in [0.25, 0.3) is 5.69 Å². The van der Waals surface area contributed by atoms with Crippen molar-refractivity contribution in [3.8, 4) is 17.2 Å². The summed E-state index contributed by atoms with van der Waals surface area (Å²) in [7, 11) is 1.68. The van der Waals surface area contributed by atoms with Gasteiger partial charge in [-0.15, -0.1) is 0 Å². The maximum Gasteiger partial charge on any atom is 0.350 e. The van der Waals surface area contributed by atoms with Gasteiger partial charge in [0.25, 0.3) is 0 Å². The van der Waals surface area contributed by atoms with E-state index in [9.17, 15) is 9.59 Å². The normalized spacial score (nSPS) is 15.9. The Morgan fingerprint density at radius 2 is 1.43 bits per heavy atom. The summed E-state index contributed by atoms with van der Waals surface area (Å²) in [4.78, 5) is 28.6. The van der Waals surface area contributed by atoms with Crippen LogP contribution in [0.1, 0.15) is 41.6 Å². The number of likely N-dealkylation sites (tertiary alicyclic amines) is 1. The zero-order chi connectivity index (χ0) is 23.9. The molecule has 2 aliphatic heterocycles. The minimum Gasteiger partial charge on any atom is -0.457 e. The van der Waals surface area contributed by atoms with E-state index >= 15 is 0 Å². The standard InChI is InChI=1S/C28H26N4O3/c1-30-28(34)32(20-9-3-2-4-10-20)26(29-30)19-15-17-31(18-16-19)27(33)25-21-11-5-7-13-23(21)35-24-14-8-6-12-22(24)25/h2-14,19,25H,15-18H2,1H3. The highest BCUT2D eigenvalue weighted by Crippen LogP contribution is 2.45. The molecule has 0 aliphatic carbocycles. The Kier molecular flexibility index (Phi) is 5.25. The third-order valence-corrected chi connectivity index (χ3v) is 7.06. The van der Waals surface area contributed by atoms with Crippen LogP contribution in [-0.4, -0.2) is 38.2 Å². The quantitative estimate of drug-likeness (QED) is 0.454. The highest BCUT2D eigenvalue weighted by molar-refractivity contribution is 5.89. The van der Waals surface area contributed by atoms with Crippen LogP contribution in [0.3, 0.4) is 0 Å². The van der Waals surface area contributed by atoms with Gasteiger partial charge >= 0.3 is 5.69 Å². The number of hydrogen-bond donors (Lipinski definition) is 0. The second-order valence-corrected chi connectivity index (χ2v) is 9.15. The average Bonchev–Trinajstić information content (AvgIpc) is 3.21. The summed E-state index contributed by atoms with van der Waals surface area (Å²) < 4.78 is 9.18. The number of amides is 1. The summed E-state index contributed by atoms with van der Waals surface area (Å²) in [6.45, 7) is 1.23. The van der Waals surface area contributed by atoms with Crippen molar-refractivity contribution in [2.24, 2.45) is 7.05 Å². The molecule has 3 heterocycles. The van der Waals surface area contributed by atoms with Crippen molar-refractivity contribution in [2.45, 2.75) is 24.7 Å². The van der Waals surface area contributed by atoms with Gasteiger partial charge in [-0.1, -0.05) is 54.6 Å². The highest BCUT2D eigenvalue weighted by atomic mass is 16.5. The maximum absolute atomic E-state index is 13.9. The van der Waals surface area contributed by atoms with E-state index in [-0.39, 0.29) is 23.4 Å². The van der Waals surface area contributed by atoms with Crippen molar-refractivity contribution in [2.75, 3.05) is 13.1 Å². The molecule has 6 rings (SSSR count). The van der Waals surface area contributed by atoms with E-state index in [0.717, 1.165) is 47.0 Å². The fourth-order valence-electron chi connectivity index (χ4n) is 5.28. The van der Waals surface area contributed by atoms with Crippen molar-refractivity contribution >= 4 is 5.91 Å². The number of ether oxygens (including phenoxy) is 1. The predicted octanol–water partition coefficient (Wildman–Crippen LogP) is 4.21. The number of benzene rings is 3. The van der Waals surface area contributed by atoms with Crippen molar-refractivity contribution in [1.29, 1.82) is 0 Å². The number of aryl methyl sites for hydroxylation is 1. The lowest BCUT2D eigenvalue weighted by atomic mass is 9.86. The average molecular weight is 467 g/mol. The largest absolute Gasteiger partial charge is 0.457 e. The van der Waals surface area contributed by atoms with Crippen LogP contribution in [0.4, 0.5) is 0 Å². The van der Waals surface area contributed by atoms with E-state index in [4.69, 9.17) is 4.74 Å². The molecule has 3 aromatic carbocycles. The lowest BCUT2D eigenvalue weighted by Crippen LogP contribution is -2.42. The summed E-state index contributed by atoms with van der Waals surface area (Å²) in [5.74, 6) is 2.04. The van der Waals surface area contributed by atoms with Crippen LogP contribution in [0, 0.1) is 0 Å². The van der Waals surface area contributed by atoms with Crippen LogP contribution >= 0.6 is 0 Å². The Bertz CT molecular complexity index is 1400. The lowest BCUT2D eigenvalue weighted by Gasteiger charge is -2.36. The number of carbonyl (C=O) groups is 1. The first-order valence-electron chi connectivity index (χ1n) is 12.0. The Balaban J connectivity index is 1.26. The summed E-state index contributed by atoms with van der Waals surface area (Å²) >= 11 is 0. The van der Waals surface area contributed by atoms with E-state index in [2.05, 4.69) is 5.10 Å². The number of fused-ring (bicyclic) bond motifs is 2. The summed E-state index contributed by atoms with van der Waals surface area (Å²) in [5, 5.41) is 4.58. The molecule has 7 nitrogen and oxygen atoms in total. The summed E-state index contributed by atoms with van der Waals surface area (Å²) in [5.41, 5.74) is 2.47. The molecule has 1 saturated heterocycles. The van der Waals surface area contributed by atoms with Gasteiger partial charge < -0.3 is 9.64 Å². The highest BCUT2D eigenvalue weighted by Gasteiger charge is 2.37. The molecular weight excluding hydrogens is 440 g/mol. The van der Waals surface area contributed by atoms with Crippen molar-refractivity contribution in [3.05, 3.63) is 106 Å². The molecule has 0 atom stereocenters. The summed E-state index contributed by atoms with van der Waals surface area (Å²) in [6, 6.07) is 25.2. The van der Waals surface area contributed by atoms with Gasteiger partial charge in [0.2, 0.25) is 5.91 Å². The Morgan fingerprint density at radius 3 is 2.06 bits per heavy atom. The minimum atomic E-state index is -0.384. The minimum absolute atomic E-state index is 0.0909. The van der Waals surface area contributed by atoms with Crippen molar-refractivity contribution < 1.29 is 9.53 Å². The molecule has 0 bridgehead atoms. The van der Waals surface area contributed by atoms with Gasteiger partial charge in [0.15, 0.2) is 0 Å². The van der Waals surface area contributed by atoms with Gasteiger partial charge in [0.1, 0.15) is 17.3 Å². The zero-order valence-electron chi connectivity index (χ0n) is 19.5. The number of aromatic nitrogens is 3. The van der Waals surface area contributed by atoms with E-state index < -0.39 is 0 Å². The number of carbonyl (C=O) groups excluding carboxylic acids is 1. The molecule has 35 heavy (non-hydrogen) atoms. The lowest BCUT2D eigenvalue weighted by molar-refractivity contribution is -0.133. The Morgan fingerprint density at radius 1 is 0.857 bits per heavy atom. The van der Waals surface area contributed by atoms with Crippen molar-refractivity contribution in [3.63, 3.8) is 0 Å². The first kappa shape index (κ1) is 21.4. The van der Waals surface area contributed by atoms with Crippen LogP contribution < -0.4 is 10.4 Å². The van der Waals surface area contributed by atoms with Gasteiger partial charge in [-0.2, -0.15) is 5.10 Å². The van der Waals surface area contributed by atoms with Gasteiger partial charge in [0, 0.05) is 37.2 Å². The molecule has 7 heteroatoms. The first-order valence-corrected chi connectivity index (χ1v) is 12.0. The molecule has 176 valence electrons. The van der Waals surface area contributed by atoms with Gasteiger partial charge in [-0.3, -0.25) is 4.79 Å². The van der Waals surface area contributed by atoms with E-state index in [1.54, 1.807) is 11.6 Å². The predicted molar refractivity (Wildman–Crippen MR) is 132 cm³/mol. The molecule has 4 aromatic rings. The van der Waals surface area contributed by atoms with Crippen LogP contribution in [-0.2, 0) is 11.8 Å². The maximum atomic E-state index is 13.9. The molecule has 0 radical (unpaired) electrons. The number of nitrogens with zero attached hydrogens (tertiary/aromatic N) is 4. The second-order valence-electron chi connectivity index (χ2n) is 9.15. The number of rotatable bonds is 3. The number of hydrogen-bond acceptors (Lipinski definition) is 4. The number of piperidine rings is 1. The van der Waals surface area contributed by atoms with Gasteiger partial charge in [0.05, 0.1) is 11.6 Å². The monoisotopic (exact) mass is 466 g/mol. The SMILES string of the molecule is Cn1nc(C2CCN(C(=O)C3c4ccccc4Oc4ccccc43)CC2)n(-c2ccccc2)c1=O. The molecule has 1 amide bonds. The molecule has 2 aliphatic rings.